The van der Waals surface area contributed by atoms with Crippen molar-refractivity contribution in [2.75, 3.05) is 30.9 Å². The van der Waals surface area contributed by atoms with Crippen molar-refractivity contribution in [3.05, 3.63) is 30.1 Å². The molecule has 2 N–H and O–H groups in total. The fourth-order valence-electron chi connectivity index (χ4n) is 3.40. The van der Waals surface area contributed by atoms with E-state index in [-0.39, 0.29) is 24.1 Å². The van der Waals surface area contributed by atoms with Crippen LogP contribution in [0.15, 0.2) is 29.2 Å². The lowest BCUT2D eigenvalue weighted by Crippen LogP contribution is -2.53. The highest BCUT2D eigenvalue weighted by Crippen LogP contribution is 2.18. The summed E-state index contributed by atoms with van der Waals surface area (Å²) in [4.78, 5) is 14.1. The van der Waals surface area contributed by atoms with Gasteiger partial charge in [0.2, 0.25) is 26.0 Å². The van der Waals surface area contributed by atoms with Gasteiger partial charge in [-0.2, -0.15) is 16.5 Å². The predicted molar refractivity (Wildman–Crippen MR) is 120 cm³/mol. The van der Waals surface area contributed by atoms with Gasteiger partial charge < -0.3 is 4.90 Å². The van der Waals surface area contributed by atoms with Crippen LogP contribution in [0.4, 0.5) is 4.39 Å². The van der Waals surface area contributed by atoms with E-state index in [4.69, 9.17) is 0 Å². The number of hydrogen-bond donors (Lipinski definition) is 2. The molecule has 1 amide bonds. The molecule has 0 bridgehead atoms. The van der Waals surface area contributed by atoms with E-state index in [1.807, 2.05) is 6.26 Å². The molecule has 1 heterocycles. The highest BCUT2D eigenvalue weighted by atomic mass is 32.2. The van der Waals surface area contributed by atoms with Crippen LogP contribution in [0.25, 0.3) is 0 Å². The molecule has 0 spiro atoms. The third-order valence-electron chi connectivity index (χ3n) is 4.96. The molecule has 0 aromatic heterocycles. The van der Waals surface area contributed by atoms with Crippen molar-refractivity contribution < 1.29 is 26.0 Å². The summed E-state index contributed by atoms with van der Waals surface area (Å²) in [5.74, 6) is -0.667. The Morgan fingerprint density at radius 3 is 2.45 bits per heavy atom. The van der Waals surface area contributed by atoms with Crippen LogP contribution in [0.5, 0.6) is 0 Å². The molecule has 1 atom stereocenters. The zero-order chi connectivity index (χ0) is 23.1. The molecule has 2 rings (SSSR count). The second-order valence-corrected chi connectivity index (χ2v) is 12.0. The van der Waals surface area contributed by atoms with Crippen LogP contribution in [-0.2, 0) is 24.8 Å². The number of thioether (sulfide) groups is 1. The van der Waals surface area contributed by atoms with Crippen LogP contribution in [0.1, 0.15) is 32.6 Å². The van der Waals surface area contributed by atoms with Crippen LogP contribution in [0, 0.1) is 5.82 Å². The Labute approximate surface area is 188 Å². The quantitative estimate of drug-likeness (QED) is 0.482. The summed E-state index contributed by atoms with van der Waals surface area (Å²) in [6.45, 7) is 2.42. The van der Waals surface area contributed by atoms with E-state index in [0.29, 0.717) is 38.1 Å². The number of carbonyl (C=O) groups excluding carboxylic acids is 1. The van der Waals surface area contributed by atoms with Gasteiger partial charge in [-0.05, 0) is 49.8 Å². The first kappa shape index (κ1) is 26.0. The van der Waals surface area contributed by atoms with Crippen LogP contribution in [0.2, 0.25) is 0 Å². The fourth-order valence-corrected chi connectivity index (χ4v) is 6.57. The largest absolute Gasteiger partial charge is 0.341 e. The summed E-state index contributed by atoms with van der Waals surface area (Å²) in [7, 11) is -7.56. The topological polar surface area (TPSA) is 113 Å². The molecule has 1 fully saturated rings. The van der Waals surface area contributed by atoms with Crippen molar-refractivity contribution in [2.24, 2.45) is 0 Å². The summed E-state index contributed by atoms with van der Waals surface area (Å²) in [5, 5.41) is 0. The first-order valence-corrected chi connectivity index (χ1v) is 14.7. The SMILES string of the molecule is CCCS(=O)(=O)NC1CCN(C(=O)C(CCSC)NS(=O)(=O)c2ccccc2F)CC1. The van der Waals surface area contributed by atoms with Gasteiger partial charge in [0.25, 0.3) is 0 Å². The smallest absolute Gasteiger partial charge is 0.244 e. The van der Waals surface area contributed by atoms with Crippen molar-refractivity contribution in [1.29, 1.82) is 0 Å². The van der Waals surface area contributed by atoms with Gasteiger partial charge in [-0.15, -0.1) is 0 Å². The highest BCUT2D eigenvalue weighted by Gasteiger charge is 2.32. The van der Waals surface area contributed by atoms with Gasteiger partial charge in [0.05, 0.1) is 5.75 Å². The van der Waals surface area contributed by atoms with E-state index in [1.165, 1.54) is 23.9 Å². The van der Waals surface area contributed by atoms with E-state index >= 15 is 0 Å². The first-order valence-electron chi connectivity index (χ1n) is 10.1. The standard InChI is InChI=1S/C19H30FN3O5S3/c1-3-14-30(25,26)21-15-8-11-23(12-9-15)19(24)17(10-13-29-2)22-31(27,28)18-7-5-4-6-16(18)20/h4-7,15,17,21-22H,3,8-14H2,1-2H3. The normalized spacial score (nSPS) is 16.9. The lowest BCUT2D eigenvalue weighted by Gasteiger charge is -2.34. The third kappa shape index (κ3) is 7.70. The molecule has 12 heteroatoms. The molecule has 1 aromatic carbocycles. The van der Waals surface area contributed by atoms with Crippen molar-refractivity contribution >= 4 is 37.7 Å². The maximum atomic E-state index is 14.0. The van der Waals surface area contributed by atoms with Gasteiger partial charge in [0.15, 0.2) is 0 Å². The fraction of sp³-hybridized carbons (Fsp3) is 0.632. The van der Waals surface area contributed by atoms with Crippen LogP contribution in [0.3, 0.4) is 0 Å². The summed E-state index contributed by atoms with van der Waals surface area (Å²) in [6.07, 6.45) is 3.53. The number of likely N-dealkylation sites (tertiary alicyclic amines) is 1. The number of rotatable bonds is 11. The summed E-state index contributed by atoms with van der Waals surface area (Å²) < 4.78 is 68.3. The summed E-state index contributed by atoms with van der Waals surface area (Å²) in [6, 6.07) is 3.75. The van der Waals surface area contributed by atoms with E-state index in [1.54, 1.807) is 11.8 Å². The molecule has 1 aliphatic rings. The molecular formula is C19H30FN3O5S3. The molecular weight excluding hydrogens is 465 g/mol. The second-order valence-electron chi connectivity index (χ2n) is 7.42. The van der Waals surface area contributed by atoms with Crippen molar-refractivity contribution in [3.8, 4) is 0 Å². The Morgan fingerprint density at radius 1 is 1.23 bits per heavy atom. The number of nitrogens with zero attached hydrogens (tertiary/aromatic N) is 1. The lowest BCUT2D eigenvalue weighted by atomic mass is 10.0. The number of piperidine rings is 1. The van der Waals surface area contributed by atoms with Gasteiger partial charge in [-0.3, -0.25) is 4.79 Å². The molecule has 31 heavy (non-hydrogen) atoms. The van der Waals surface area contributed by atoms with Gasteiger partial charge in [-0.1, -0.05) is 19.1 Å². The van der Waals surface area contributed by atoms with Crippen molar-refractivity contribution in [2.45, 2.75) is 49.6 Å². The monoisotopic (exact) mass is 495 g/mol. The zero-order valence-corrected chi connectivity index (χ0v) is 20.2. The Balaban J connectivity index is 2.06. The molecule has 8 nitrogen and oxygen atoms in total. The average molecular weight is 496 g/mol. The van der Waals surface area contributed by atoms with E-state index in [9.17, 15) is 26.0 Å². The predicted octanol–water partition coefficient (Wildman–Crippen LogP) is 1.55. The van der Waals surface area contributed by atoms with Crippen LogP contribution >= 0.6 is 11.8 Å². The van der Waals surface area contributed by atoms with Gasteiger partial charge in [-0.25, -0.2) is 25.9 Å². The Hall–Kier alpha value is -1.21. The molecule has 176 valence electrons. The number of sulfonamides is 2. The third-order valence-corrected chi connectivity index (χ3v) is 8.75. The molecule has 1 saturated heterocycles. The summed E-state index contributed by atoms with van der Waals surface area (Å²) in [5.41, 5.74) is 0. The van der Waals surface area contributed by atoms with E-state index < -0.39 is 36.8 Å². The molecule has 0 saturated carbocycles. The number of benzene rings is 1. The lowest BCUT2D eigenvalue weighted by molar-refractivity contribution is -0.134. The second kappa shape index (κ2) is 11.6. The zero-order valence-electron chi connectivity index (χ0n) is 17.7. The van der Waals surface area contributed by atoms with Crippen molar-refractivity contribution in [3.63, 3.8) is 0 Å². The first-order chi connectivity index (χ1) is 14.6. The van der Waals surface area contributed by atoms with E-state index in [0.717, 1.165) is 12.1 Å². The molecule has 0 radical (unpaired) electrons. The van der Waals surface area contributed by atoms with Gasteiger partial charge in [0, 0.05) is 19.1 Å². The number of hydrogen-bond acceptors (Lipinski definition) is 6. The number of carbonyl (C=O) groups is 1. The minimum absolute atomic E-state index is 0.0563. The molecule has 1 aliphatic heterocycles. The minimum atomic E-state index is -4.22. The number of halogens is 1. The highest BCUT2D eigenvalue weighted by molar-refractivity contribution is 7.98. The Bertz CT molecular complexity index is 948. The maximum Gasteiger partial charge on any atom is 0.244 e. The van der Waals surface area contributed by atoms with Crippen LogP contribution < -0.4 is 9.44 Å². The average Bonchev–Trinajstić information content (AvgIpc) is 2.71. The molecule has 1 unspecified atom stereocenters. The van der Waals surface area contributed by atoms with Crippen LogP contribution in [-0.4, -0.2) is 70.6 Å². The Morgan fingerprint density at radius 2 is 1.87 bits per heavy atom. The maximum absolute atomic E-state index is 14.0. The van der Waals surface area contributed by atoms with Gasteiger partial charge in [0.1, 0.15) is 16.8 Å². The molecule has 1 aromatic rings. The number of nitrogens with one attached hydrogen (secondary N) is 2. The van der Waals surface area contributed by atoms with Crippen molar-refractivity contribution in [1.82, 2.24) is 14.3 Å². The minimum Gasteiger partial charge on any atom is -0.341 e. The molecule has 0 aliphatic carbocycles. The summed E-state index contributed by atoms with van der Waals surface area (Å²) >= 11 is 1.47. The van der Waals surface area contributed by atoms with E-state index in [2.05, 4.69) is 9.44 Å². The number of amides is 1. The Kier molecular flexibility index (Phi) is 9.74. The van der Waals surface area contributed by atoms with Gasteiger partial charge >= 0.3 is 0 Å².